The Morgan fingerprint density at radius 1 is 1.00 bits per heavy atom. The summed E-state index contributed by atoms with van der Waals surface area (Å²) in [6.45, 7) is 0.927. The third-order valence-electron chi connectivity index (χ3n) is 4.40. The summed E-state index contributed by atoms with van der Waals surface area (Å²) < 4.78 is 0. The second kappa shape index (κ2) is 5.43. The highest BCUT2D eigenvalue weighted by Crippen LogP contribution is 2.32. The fourth-order valence-electron chi connectivity index (χ4n) is 3.29. The fourth-order valence-corrected chi connectivity index (χ4v) is 3.29. The van der Waals surface area contributed by atoms with Crippen LogP contribution in [0.3, 0.4) is 0 Å². The second-order valence-corrected chi connectivity index (χ2v) is 5.83. The third kappa shape index (κ3) is 2.24. The van der Waals surface area contributed by atoms with E-state index in [1.54, 1.807) is 0 Å². The maximum Gasteiger partial charge on any atom is 0.241 e. The molecule has 0 radical (unpaired) electrons. The minimum absolute atomic E-state index is 0.0646. The van der Waals surface area contributed by atoms with Crippen molar-refractivity contribution in [1.82, 2.24) is 5.32 Å². The molecule has 1 aliphatic rings. The smallest absolute Gasteiger partial charge is 0.241 e. The summed E-state index contributed by atoms with van der Waals surface area (Å²) in [5, 5.41) is 11.0. The van der Waals surface area contributed by atoms with Crippen LogP contribution in [-0.2, 0) is 4.79 Å². The van der Waals surface area contributed by atoms with E-state index in [2.05, 4.69) is 47.0 Å². The molecule has 0 saturated carbocycles. The summed E-state index contributed by atoms with van der Waals surface area (Å²) in [6.07, 6.45) is 1.98. The molecule has 0 unspecified atom stereocenters. The van der Waals surface area contributed by atoms with Crippen molar-refractivity contribution in [2.75, 3.05) is 11.9 Å². The molecule has 0 aliphatic carbocycles. The zero-order valence-corrected chi connectivity index (χ0v) is 12.3. The molecular formula is C19H18N2O. The van der Waals surface area contributed by atoms with E-state index < -0.39 is 0 Å². The Kier molecular flexibility index (Phi) is 3.28. The maximum absolute atomic E-state index is 12.4. The van der Waals surface area contributed by atoms with Crippen LogP contribution in [0.5, 0.6) is 0 Å². The van der Waals surface area contributed by atoms with Gasteiger partial charge in [-0.15, -0.1) is 0 Å². The molecule has 4 rings (SSSR count). The number of hydrogen-bond donors (Lipinski definition) is 2. The van der Waals surface area contributed by atoms with E-state index in [0.717, 1.165) is 35.8 Å². The first-order valence-electron chi connectivity index (χ1n) is 7.78. The molecule has 1 heterocycles. The van der Waals surface area contributed by atoms with E-state index in [0.29, 0.717) is 0 Å². The Labute approximate surface area is 129 Å². The number of benzene rings is 3. The molecule has 1 amide bonds. The highest BCUT2D eigenvalue weighted by molar-refractivity contribution is 6.15. The van der Waals surface area contributed by atoms with E-state index >= 15 is 0 Å². The van der Waals surface area contributed by atoms with Gasteiger partial charge in [0.2, 0.25) is 5.91 Å². The van der Waals surface area contributed by atoms with Crippen molar-refractivity contribution in [1.29, 1.82) is 0 Å². The molecule has 22 heavy (non-hydrogen) atoms. The van der Waals surface area contributed by atoms with Crippen LogP contribution in [0.25, 0.3) is 21.5 Å². The number of amides is 1. The zero-order chi connectivity index (χ0) is 14.9. The van der Waals surface area contributed by atoms with Gasteiger partial charge in [-0.2, -0.15) is 0 Å². The zero-order valence-electron chi connectivity index (χ0n) is 12.3. The standard InChI is InChI=1S/C19H18N2O/c22-19(17-10-5-11-20-17)21-18-12-13-6-1-2-7-14(13)15-8-3-4-9-16(15)18/h1-4,6-9,12,17,20H,5,10-11H2,(H,21,22)/t17-/m1/s1. The fraction of sp³-hybridized carbons (Fsp3) is 0.211. The molecule has 1 atom stereocenters. The van der Waals surface area contributed by atoms with Gasteiger partial charge < -0.3 is 10.6 Å². The highest BCUT2D eigenvalue weighted by atomic mass is 16.2. The van der Waals surface area contributed by atoms with Gasteiger partial charge in [0.1, 0.15) is 0 Å². The van der Waals surface area contributed by atoms with Crippen LogP contribution in [-0.4, -0.2) is 18.5 Å². The topological polar surface area (TPSA) is 41.1 Å². The Balaban J connectivity index is 1.83. The lowest BCUT2D eigenvalue weighted by Gasteiger charge is -2.14. The molecule has 3 nitrogen and oxygen atoms in total. The van der Waals surface area contributed by atoms with Crippen LogP contribution >= 0.6 is 0 Å². The van der Waals surface area contributed by atoms with Crippen LogP contribution in [0.2, 0.25) is 0 Å². The second-order valence-electron chi connectivity index (χ2n) is 5.83. The largest absolute Gasteiger partial charge is 0.324 e. The van der Waals surface area contributed by atoms with Crippen LogP contribution in [0.15, 0.2) is 54.6 Å². The quantitative estimate of drug-likeness (QED) is 0.707. The lowest BCUT2D eigenvalue weighted by Crippen LogP contribution is -2.35. The van der Waals surface area contributed by atoms with E-state index in [-0.39, 0.29) is 11.9 Å². The molecule has 0 aromatic heterocycles. The average Bonchev–Trinajstić information content (AvgIpc) is 3.10. The van der Waals surface area contributed by atoms with Gasteiger partial charge in [0, 0.05) is 11.1 Å². The highest BCUT2D eigenvalue weighted by Gasteiger charge is 2.22. The predicted octanol–water partition coefficient (Wildman–Crippen LogP) is 3.68. The summed E-state index contributed by atoms with van der Waals surface area (Å²) in [7, 11) is 0. The first kappa shape index (κ1) is 13.3. The molecule has 1 saturated heterocycles. The monoisotopic (exact) mass is 290 g/mol. The minimum atomic E-state index is -0.0646. The Morgan fingerprint density at radius 3 is 2.50 bits per heavy atom. The summed E-state index contributed by atoms with van der Waals surface area (Å²) in [5.74, 6) is 0.0675. The van der Waals surface area contributed by atoms with Crippen LogP contribution in [0.4, 0.5) is 5.69 Å². The minimum Gasteiger partial charge on any atom is -0.324 e. The van der Waals surface area contributed by atoms with Gasteiger partial charge >= 0.3 is 0 Å². The van der Waals surface area contributed by atoms with Crippen LogP contribution < -0.4 is 10.6 Å². The maximum atomic E-state index is 12.4. The van der Waals surface area contributed by atoms with Crippen molar-refractivity contribution < 1.29 is 4.79 Å². The summed E-state index contributed by atoms with van der Waals surface area (Å²) in [4.78, 5) is 12.4. The number of nitrogens with one attached hydrogen (secondary N) is 2. The van der Waals surface area contributed by atoms with Crippen LogP contribution in [0, 0.1) is 0 Å². The molecule has 0 spiro atoms. The van der Waals surface area contributed by atoms with Crippen molar-refractivity contribution in [3.8, 4) is 0 Å². The van der Waals surface area contributed by atoms with Gasteiger partial charge in [-0.25, -0.2) is 0 Å². The molecule has 1 fully saturated rings. The number of carbonyl (C=O) groups excluding carboxylic acids is 1. The third-order valence-corrected chi connectivity index (χ3v) is 4.40. The molecule has 3 aromatic carbocycles. The van der Waals surface area contributed by atoms with E-state index in [1.165, 1.54) is 10.8 Å². The van der Waals surface area contributed by atoms with E-state index in [4.69, 9.17) is 0 Å². The summed E-state index contributed by atoms with van der Waals surface area (Å²) in [6, 6.07) is 18.5. The lowest BCUT2D eigenvalue weighted by atomic mass is 10.00. The Morgan fingerprint density at radius 2 is 1.73 bits per heavy atom. The SMILES string of the molecule is O=C(Nc1cc2ccccc2c2ccccc12)[C@H]1CCCN1. The molecule has 2 N–H and O–H groups in total. The first-order chi connectivity index (χ1) is 10.8. The van der Waals surface area contributed by atoms with Crippen LogP contribution in [0.1, 0.15) is 12.8 Å². The van der Waals surface area contributed by atoms with Crippen molar-refractivity contribution >= 4 is 33.1 Å². The number of fused-ring (bicyclic) bond motifs is 3. The molecule has 3 heteroatoms. The number of anilines is 1. The van der Waals surface area contributed by atoms with Gasteiger partial charge in [0.05, 0.1) is 6.04 Å². The molecular weight excluding hydrogens is 272 g/mol. The van der Waals surface area contributed by atoms with Gasteiger partial charge in [-0.3, -0.25) is 4.79 Å². The van der Waals surface area contributed by atoms with Crippen molar-refractivity contribution in [2.45, 2.75) is 18.9 Å². The number of carbonyl (C=O) groups is 1. The van der Waals surface area contributed by atoms with E-state index in [1.807, 2.05) is 18.2 Å². The first-order valence-corrected chi connectivity index (χ1v) is 7.78. The summed E-state index contributed by atoms with van der Waals surface area (Å²) in [5.41, 5.74) is 0.896. The van der Waals surface area contributed by atoms with Gasteiger partial charge in [0.25, 0.3) is 0 Å². The number of rotatable bonds is 2. The molecule has 1 aliphatic heterocycles. The van der Waals surface area contributed by atoms with Crippen molar-refractivity contribution in [3.05, 3.63) is 54.6 Å². The number of hydrogen-bond acceptors (Lipinski definition) is 2. The molecule has 3 aromatic rings. The van der Waals surface area contributed by atoms with Crippen molar-refractivity contribution in [2.24, 2.45) is 0 Å². The van der Waals surface area contributed by atoms with E-state index in [9.17, 15) is 4.79 Å². The average molecular weight is 290 g/mol. The van der Waals surface area contributed by atoms with Crippen molar-refractivity contribution in [3.63, 3.8) is 0 Å². The van der Waals surface area contributed by atoms with Gasteiger partial charge in [-0.1, -0.05) is 48.5 Å². The summed E-state index contributed by atoms with van der Waals surface area (Å²) >= 11 is 0. The molecule has 110 valence electrons. The Bertz CT molecular complexity index is 850. The van der Waals surface area contributed by atoms with Gasteiger partial charge in [-0.05, 0) is 41.6 Å². The lowest BCUT2D eigenvalue weighted by molar-refractivity contribution is -0.117. The Hall–Kier alpha value is -2.39. The normalized spacial score (nSPS) is 17.9. The molecule has 0 bridgehead atoms. The predicted molar refractivity (Wildman–Crippen MR) is 91.1 cm³/mol. The van der Waals surface area contributed by atoms with Gasteiger partial charge in [0.15, 0.2) is 0 Å².